The summed E-state index contributed by atoms with van der Waals surface area (Å²) >= 11 is 0. The van der Waals surface area contributed by atoms with Gasteiger partial charge in [0.2, 0.25) is 6.10 Å². The zero-order chi connectivity index (χ0) is 20.5. The number of likely N-dealkylation sites (tertiary alicyclic amines) is 1. The molecule has 6 heteroatoms. The van der Waals surface area contributed by atoms with Crippen molar-refractivity contribution >= 4 is 12.1 Å². The van der Waals surface area contributed by atoms with Crippen LogP contribution in [0, 0.1) is 0 Å². The summed E-state index contributed by atoms with van der Waals surface area (Å²) in [4.78, 5) is 27.1. The summed E-state index contributed by atoms with van der Waals surface area (Å²) in [7, 11) is 1.61. The molecule has 0 radical (unpaired) electrons. The molecule has 1 amide bonds. The number of amides is 1. The molecule has 2 aromatic carbocycles. The Morgan fingerprint density at radius 3 is 2.34 bits per heavy atom. The van der Waals surface area contributed by atoms with Crippen LogP contribution >= 0.6 is 0 Å². The number of hydrogen-bond acceptors (Lipinski definition) is 5. The molecule has 0 spiro atoms. The highest BCUT2D eigenvalue weighted by molar-refractivity contribution is 5.79. The molecule has 1 heterocycles. The second-order valence-corrected chi connectivity index (χ2v) is 7.10. The highest BCUT2D eigenvalue weighted by atomic mass is 16.6. The molecule has 1 aliphatic rings. The third-order valence-corrected chi connectivity index (χ3v) is 4.96. The Morgan fingerprint density at radius 1 is 1.03 bits per heavy atom. The van der Waals surface area contributed by atoms with Gasteiger partial charge in [0.05, 0.1) is 12.6 Å². The molecule has 0 aromatic heterocycles. The molecule has 0 aliphatic carbocycles. The molecule has 1 aliphatic heterocycles. The monoisotopic (exact) mass is 397 g/mol. The van der Waals surface area contributed by atoms with Crippen LogP contribution < -0.4 is 0 Å². The van der Waals surface area contributed by atoms with Crippen LogP contribution in [0.1, 0.15) is 24.0 Å². The van der Waals surface area contributed by atoms with Gasteiger partial charge in [-0.05, 0) is 24.0 Å². The van der Waals surface area contributed by atoms with Crippen LogP contribution in [0.4, 0.5) is 4.79 Å². The zero-order valence-electron chi connectivity index (χ0n) is 16.7. The first kappa shape index (κ1) is 20.9. The first-order valence-corrected chi connectivity index (χ1v) is 9.88. The van der Waals surface area contributed by atoms with Crippen molar-refractivity contribution in [2.75, 3.05) is 20.3 Å². The van der Waals surface area contributed by atoms with Gasteiger partial charge in [0.25, 0.3) is 0 Å². The summed E-state index contributed by atoms with van der Waals surface area (Å²) in [6.45, 7) is 1.19. The molecule has 0 saturated carbocycles. The van der Waals surface area contributed by atoms with Gasteiger partial charge < -0.3 is 19.1 Å². The lowest BCUT2D eigenvalue weighted by atomic mass is 10.1. The van der Waals surface area contributed by atoms with Gasteiger partial charge in [-0.2, -0.15) is 0 Å². The standard InChI is InChI=1S/C23H27NO5/c1-27-17-20-13-8-14-24(20)23(26)29-21(15-18-9-4-2-5-10-18)22(25)28-16-19-11-6-3-7-12-19/h2-7,9-12,20-21H,8,13-17H2,1H3/t20-,21?/m0/s1. The molecule has 3 rings (SSSR count). The fourth-order valence-corrected chi connectivity index (χ4v) is 3.45. The van der Waals surface area contributed by atoms with E-state index in [1.54, 1.807) is 12.0 Å². The lowest BCUT2D eigenvalue weighted by Crippen LogP contribution is -2.42. The fraction of sp³-hybridized carbons (Fsp3) is 0.391. The molecule has 1 unspecified atom stereocenters. The van der Waals surface area contributed by atoms with Crippen LogP contribution in [0.15, 0.2) is 60.7 Å². The number of benzene rings is 2. The minimum atomic E-state index is -1.00. The summed E-state index contributed by atoms with van der Waals surface area (Å²) < 4.78 is 16.3. The predicted molar refractivity (Wildman–Crippen MR) is 108 cm³/mol. The second-order valence-electron chi connectivity index (χ2n) is 7.10. The van der Waals surface area contributed by atoms with E-state index < -0.39 is 18.2 Å². The van der Waals surface area contributed by atoms with Gasteiger partial charge in [0.1, 0.15) is 6.61 Å². The van der Waals surface area contributed by atoms with Gasteiger partial charge in [-0.3, -0.25) is 0 Å². The lowest BCUT2D eigenvalue weighted by molar-refractivity contribution is -0.155. The number of carbonyl (C=O) groups excluding carboxylic acids is 2. The topological polar surface area (TPSA) is 65.1 Å². The fourth-order valence-electron chi connectivity index (χ4n) is 3.45. The van der Waals surface area contributed by atoms with Crippen LogP contribution in [0.3, 0.4) is 0 Å². The average Bonchev–Trinajstić information content (AvgIpc) is 3.22. The molecular weight excluding hydrogens is 370 g/mol. The Morgan fingerprint density at radius 2 is 1.69 bits per heavy atom. The van der Waals surface area contributed by atoms with Crippen molar-refractivity contribution < 1.29 is 23.8 Å². The SMILES string of the molecule is COC[C@@H]1CCCN1C(=O)OC(Cc1ccccc1)C(=O)OCc1ccccc1. The van der Waals surface area contributed by atoms with E-state index in [4.69, 9.17) is 14.2 Å². The Hall–Kier alpha value is -2.86. The minimum absolute atomic E-state index is 0.0229. The first-order chi connectivity index (χ1) is 14.2. The van der Waals surface area contributed by atoms with Gasteiger partial charge in [0, 0.05) is 20.1 Å². The van der Waals surface area contributed by atoms with Crippen molar-refractivity contribution in [2.45, 2.75) is 38.0 Å². The highest BCUT2D eigenvalue weighted by Crippen LogP contribution is 2.20. The zero-order valence-corrected chi connectivity index (χ0v) is 16.7. The molecule has 1 fully saturated rings. The largest absolute Gasteiger partial charge is 0.458 e. The van der Waals surface area contributed by atoms with E-state index in [1.165, 1.54) is 0 Å². The van der Waals surface area contributed by atoms with Crippen molar-refractivity contribution in [2.24, 2.45) is 0 Å². The maximum absolute atomic E-state index is 12.8. The maximum Gasteiger partial charge on any atom is 0.410 e. The molecule has 6 nitrogen and oxygen atoms in total. The number of carbonyl (C=O) groups is 2. The normalized spacial score (nSPS) is 17.0. The second kappa shape index (κ2) is 10.6. The van der Waals surface area contributed by atoms with E-state index >= 15 is 0 Å². The van der Waals surface area contributed by atoms with Crippen molar-refractivity contribution in [1.82, 2.24) is 4.90 Å². The number of esters is 1. The van der Waals surface area contributed by atoms with Crippen molar-refractivity contribution in [3.8, 4) is 0 Å². The summed E-state index contributed by atoms with van der Waals surface area (Å²) in [5.74, 6) is -0.548. The van der Waals surface area contributed by atoms with Crippen LogP contribution in [0.2, 0.25) is 0 Å². The smallest absolute Gasteiger partial charge is 0.410 e. The van der Waals surface area contributed by atoms with Gasteiger partial charge in [-0.25, -0.2) is 9.59 Å². The van der Waals surface area contributed by atoms with Gasteiger partial charge in [-0.1, -0.05) is 60.7 Å². The van der Waals surface area contributed by atoms with Crippen LogP contribution in [-0.4, -0.2) is 49.4 Å². The van der Waals surface area contributed by atoms with Gasteiger partial charge in [0.15, 0.2) is 0 Å². The van der Waals surface area contributed by atoms with E-state index in [1.807, 2.05) is 60.7 Å². The highest BCUT2D eigenvalue weighted by Gasteiger charge is 2.33. The number of rotatable bonds is 8. The van der Waals surface area contributed by atoms with E-state index in [0.29, 0.717) is 13.2 Å². The van der Waals surface area contributed by atoms with Crippen molar-refractivity contribution in [1.29, 1.82) is 0 Å². The molecule has 29 heavy (non-hydrogen) atoms. The Bertz CT molecular complexity index is 780. The summed E-state index contributed by atoms with van der Waals surface area (Å²) in [6.07, 6.45) is 0.526. The Balaban J connectivity index is 1.66. The quantitative estimate of drug-likeness (QED) is 0.637. The first-order valence-electron chi connectivity index (χ1n) is 9.88. The number of hydrogen-bond donors (Lipinski definition) is 0. The molecule has 0 N–H and O–H groups in total. The Kier molecular flexibility index (Phi) is 7.64. The van der Waals surface area contributed by atoms with E-state index in [9.17, 15) is 9.59 Å². The van der Waals surface area contributed by atoms with Crippen molar-refractivity contribution in [3.63, 3.8) is 0 Å². The van der Waals surface area contributed by atoms with E-state index in [-0.39, 0.29) is 19.1 Å². The third-order valence-electron chi connectivity index (χ3n) is 4.96. The number of nitrogens with zero attached hydrogens (tertiary/aromatic N) is 1. The molecule has 1 saturated heterocycles. The summed E-state index contributed by atoms with van der Waals surface area (Å²) in [6, 6.07) is 18.9. The molecule has 2 atom stereocenters. The van der Waals surface area contributed by atoms with E-state index in [2.05, 4.69) is 0 Å². The summed E-state index contributed by atoms with van der Waals surface area (Å²) in [5.41, 5.74) is 1.78. The van der Waals surface area contributed by atoms with Crippen molar-refractivity contribution in [3.05, 3.63) is 71.8 Å². The maximum atomic E-state index is 12.8. The molecule has 2 aromatic rings. The predicted octanol–water partition coefficient (Wildman–Crippen LogP) is 3.59. The van der Waals surface area contributed by atoms with Crippen LogP contribution in [-0.2, 0) is 32.0 Å². The lowest BCUT2D eigenvalue weighted by Gasteiger charge is -2.26. The third kappa shape index (κ3) is 6.06. The molecule has 154 valence electrons. The average molecular weight is 397 g/mol. The summed E-state index contributed by atoms with van der Waals surface area (Å²) in [5, 5.41) is 0. The van der Waals surface area contributed by atoms with E-state index in [0.717, 1.165) is 24.0 Å². The molecule has 0 bridgehead atoms. The molecular formula is C23H27NO5. The minimum Gasteiger partial charge on any atom is -0.458 e. The number of ether oxygens (including phenoxy) is 3. The van der Waals surface area contributed by atoms with Crippen LogP contribution in [0.25, 0.3) is 0 Å². The Labute approximate surface area is 171 Å². The number of methoxy groups -OCH3 is 1. The van der Waals surface area contributed by atoms with Gasteiger partial charge >= 0.3 is 12.1 Å². The van der Waals surface area contributed by atoms with Crippen LogP contribution in [0.5, 0.6) is 0 Å². The van der Waals surface area contributed by atoms with Gasteiger partial charge in [-0.15, -0.1) is 0 Å².